The van der Waals surface area contributed by atoms with E-state index in [1.807, 2.05) is 52.4 Å². The lowest BCUT2D eigenvalue weighted by Crippen LogP contribution is -2.72. The maximum absolute atomic E-state index is 11.7. The molecule has 2 aromatic carbocycles. The lowest BCUT2D eigenvalue weighted by Gasteiger charge is -2.60. The number of rotatable bonds is 8. The van der Waals surface area contributed by atoms with E-state index in [0.29, 0.717) is 28.2 Å². The third-order valence-corrected chi connectivity index (χ3v) is 12.6. The van der Waals surface area contributed by atoms with Gasteiger partial charge in [0, 0.05) is 143 Å². The van der Waals surface area contributed by atoms with Gasteiger partial charge < -0.3 is 19.1 Å². The molecule has 0 radical (unpaired) electrons. The molecular formula is C41H42Cl2N8O3. The molecule has 5 aromatic rings. The second-order valence-corrected chi connectivity index (χ2v) is 16.7. The normalized spacial score (nSPS) is 18.7. The molecule has 4 aliphatic heterocycles. The summed E-state index contributed by atoms with van der Waals surface area (Å²) in [6, 6.07) is 14.0. The number of nitrogens with zero attached hydrogens (tertiary/aromatic N) is 8. The van der Waals surface area contributed by atoms with Crippen LogP contribution in [0.25, 0.3) is 44.5 Å². The lowest BCUT2D eigenvalue weighted by atomic mass is 9.72. The van der Waals surface area contributed by atoms with Crippen molar-refractivity contribution in [1.29, 1.82) is 0 Å². The minimum atomic E-state index is 0.141. The summed E-state index contributed by atoms with van der Waals surface area (Å²) in [6.45, 7) is 12.0. The van der Waals surface area contributed by atoms with Crippen LogP contribution < -0.4 is 4.74 Å². The lowest BCUT2D eigenvalue weighted by molar-refractivity contribution is -0.158. The van der Waals surface area contributed by atoms with Crippen LogP contribution in [0.5, 0.6) is 5.88 Å². The van der Waals surface area contributed by atoms with Gasteiger partial charge in [0.05, 0.1) is 40.1 Å². The van der Waals surface area contributed by atoms with Gasteiger partial charge in [-0.2, -0.15) is 0 Å². The van der Waals surface area contributed by atoms with Gasteiger partial charge in [-0.1, -0.05) is 59.6 Å². The summed E-state index contributed by atoms with van der Waals surface area (Å²) in [4.78, 5) is 46.5. The standard InChI is InChI=1S/C41H42Cl2N8O3/c1-25(52)50-21-40(22-50)17-48(18-40)15-28-14-47(3)35-11-27(12-45-38(28)35)29-7-5-8-30(36(29)42)31-9-6-10-32(37(31)43)33-13-44-34(39(46-33)54-4)16-49-19-41(20-49)23-51(24-41)26(2)53/h5-14H,15-24H2,1-4H3. The molecule has 11 nitrogen and oxygen atoms in total. The molecule has 7 heterocycles. The number of amides is 2. The monoisotopic (exact) mass is 764 g/mol. The number of halogens is 2. The highest BCUT2D eigenvalue weighted by Gasteiger charge is 2.53. The van der Waals surface area contributed by atoms with Gasteiger partial charge in [0.15, 0.2) is 0 Å². The van der Waals surface area contributed by atoms with Gasteiger partial charge >= 0.3 is 0 Å². The number of aromatic nitrogens is 4. The van der Waals surface area contributed by atoms with Crippen molar-refractivity contribution in [2.45, 2.75) is 26.9 Å². The summed E-state index contributed by atoms with van der Waals surface area (Å²) in [5, 5.41) is 1.11. The smallest absolute Gasteiger partial charge is 0.237 e. The zero-order valence-electron chi connectivity index (χ0n) is 30.9. The van der Waals surface area contributed by atoms with E-state index >= 15 is 0 Å². The summed E-state index contributed by atoms with van der Waals surface area (Å²) >= 11 is 14.4. The number of carbonyl (C=O) groups is 2. The molecule has 0 unspecified atom stereocenters. The average molecular weight is 766 g/mol. The number of methoxy groups -OCH3 is 1. The highest BCUT2D eigenvalue weighted by Crippen LogP contribution is 2.44. The van der Waals surface area contributed by atoms with Gasteiger partial charge in [-0.15, -0.1) is 0 Å². The molecule has 278 valence electrons. The first-order valence-corrected chi connectivity index (χ1v) is 19.1. The van der Waals surface area contributed by atoms with Crippen LogP contribution in [0.4, 0.5) is 0 Å². The topological polar surface area (TPSA) is 99.9 Å². The molecule has 4 saturated heterocycles. The maximum Gasteiger partial charge on any atom is 0.237 e. The number of likely N-dealkylation sites (tertiary alicyclic amines) is 4. The van der Waals surface area contributed by atoms with Crippen molar-refractivity contribution in [3.8, 4) is 39.4 Å². The Balaban J connectivity index is 0.926. The number of hydrogen-bond donors (Lipinski definition) is 0. The molecule has 9 rings (SSSR count). The summed E-state index contributed by atoms with van der Waals surface area (Å²) < 4.78 is 7.84. The van der Waals surface area contributed by atoms with Crippen LogP contribution in [0.1, 0.15) is 25.1 Å². The van der Waals surface area contributed by atoms with Crippen LogP contribution >= 0.6 is 23.2 Å². The van der Waals surface area contributed by atoms with E-state index < -0.39 is 0 Å². The van der Waals surface area contributed by atoms with Crippen molar-refractivity contribution in [2.75, 3.05) is 59.5 Å². The zero-order chi connectivity index (χ0) is 37.5. The van der Waals surface area contributed by atoms with E-state index in [9.17, 15) is 9.59 Å². The van der Waals surface area contributed by atoms with E-state index in [1.165, 1.54) is 5.56 Å². The first kappa shape index (κ1) is 35.2. The quantitative estimate of drug-likeness (QED) is 0.190. The van der Waals surface area contributed by atoms with Crippen LogP contribution in [-0.2, 0) is 29.7 Å². The minimum Gasteiger partial charge on any atom is -0.480 e. The van der Waals surface area contributed by atoms with Gasteiger partial charge in [-0.3, -0.25) is 29.4 Å². The number of pyridine rings is 1. The van der Waals surface area contributed by atoms with Gasteiger partial charge in [0.25, 0.3) is 0 Å². The number of hydrogen-bond acceptors (Lipinski definition) is 8. The van der Waals surface area contributed by atoms with Gasteiger partial charge in [-0.05, 0) is 6.07 Å². The van der Waals surface area contributed by atoms with Crippen molar-refractivity contribution in [1.82, 2.24) is 39.1 Å². The zero-order valence-corrected chi connectivity index (χ0v) is 32.4. The second kappa shape index (κ2) is 13.0. The summed E-state index contributed by atoms with van der Waals surface area (Å²) in [7, 11) is 3.66. The molecule has 2 amide bonds. The molecule has 4 aliphatic rings. The first-order chi connectivity index (χ1) is 25.9. The van der Waals surface area contributed by atoms with E-state index in [-0.39, 0.29) is 22.6 Å². The van der Waals surface area contributed by atoms with Crippen molar-refractivity contribution in [3.05, 3.63) is 82.4 Å². The Hall–Kier alpha value is -4.55. The van der Waals surface area contributed by atoms with E-state index in [2.05, 4.69) is 33.7 Å². The number of fused-ring (bicyclic) bond motifs is 1. The molecule has 13 heteroatoms. The van der Waals surface area contributed by atoms with Gasteiger partial charge in [-0.25, -0.2) is 4.98 Å². The highest BCUT2D eigenvalue weighted by molar-refractivity contribution is 6.39. The SMILES string of the molecule is COc1nc(-c2cccc(-c3cccc(-c4cnc5c(CN6CC7(C6)CN(C(C)=O)C7)cn(C)c5c4)c3Cl)c2Cl)cnc1CN1CC2(C1)CN(C(C)=O)C2. The number of benzene rings is 2. The average Bonchev–Trinajstić information content (AvgIpc) is 3.39. The van der Waals surface area contributed by atoms with E-state index in [4.69, 9.17) is 42.9 Å². The Morgan fingerprint density at radius 2 is 1.31 bits per heavy atom. The third-order valence-electron chi connectivity index (χ3n) is 11.8. The fraction of sp³-hybridized carbons (Fsp3) is 0.390. The molecule has 2 spiro atoms. The van der Waals surface area contributed by atoms with Gasteiger partial charge in [0.2, 0.25) is 17.7 Å². The highest BCUT2D eigenvalue weighted by atomic mass is 35.5. The molecule has 0 N–H and O–H groups in total. The number of ether oxygens (including phenoxy) is 1. The molecule has 0 bridgehead atoms. The minimum absolute atomic E-state index is 0.141. The van der Waals surface area contributed by atoms with Crippen LogP contribution in [0.15, 0.2) is 61.1 Å². The number of aryl methyl sites for hydroxylation is 1. The Morgan fingerprint density at radius 3 is 1.91 bits per heavy atom. The van der Waals surface area contributed by atoms with Crippen LogP contribution in [-0.4, -0.2) is 110 Å². The van der Waals surface area contributed by atoms with Crippen LogP contribution in [0.2, 0.25) is 10.0 Å². The summed E-state index contributed by atoms with van der Waals surface area (Å²) in [5.74, 6) is 0.772. The van der Waals surface area contributed by atoms with Gasteiger partial charge in [0.1, 0.15) is 5.69 Å². The Bertz CT molecular complexity index is 2330. The maximum atomic E-state index is 11.7. The van der Waals surface area contributed by atoms with E-state index in [0.717, 1.165) is 103 Å². The third kappa shape index (κ3) is 5.92. The molecule has 4 fully saturated rings. The van der Waals surface area contributed by atoms with Crippen LogP contribution in [0.3, 0.4) is 0 Å². The van der Waals surface area contributed by atoms with Crippen LogP contribution in [0, 0.1) is 10.8 Å². The molecule has 54 heavy (non-hydrogen) atoms. The summed E-state index contributed by atoms with van der Waals surface area (Å²) in [6.07, 6.45) is 5.82. The van der Waals surface area contributed by atoms with Crippen molar-refractivity contribution < 1.29 is 14.3 Å². The molecule has 0 aliphatic carbocycles. The van der Waals surface area contributed by atoms with E-state index in [1.54, 1.807) is 27.2 Å². The predicted octanol–water partition coefficient (Wildman–Crippen LogP) is 6.01. The first-order valence-electron chi connectivity index (χ1n) is 18.3. The fourth-order valence-electron chi connectivity index (χ4n) is 9.15. The predicted molar refractivity (Wildman–Crippen MR) is 209 cm³/mol. The molecule has 3 aromatic heterocycles. The number of carbonyl (C=O) groups excluding carboxylic acids is 2. The fourth-order valence-corrected chi connectivity index (χ4v) is 9.81. The van der Waals surface area contributed by atoms with Crippen molar-refractivity contribution in [2.24, 2.45) is 17.9 Å². The Morgan fingerprint density at radius 1 is 0.759 bits per heavy atom. The Kier molecular flexibility index (Phi) is 8.50. The second-order valence-electron chi connectivity index (χ2n) is 15.9. The molecule has 0 saturated carbocycles. The molecular weight excluding hydrogens is 723 g/mol. The Labute approximate surface area is 324 Å². The largest absolute Gasteiger partial charge is 0.480 e. The summed E-state index contributed by atoms with van der Waals surface area (Å²) in [5.41, 5.74) is 9.19. The molecule has 0 atom stereocenters. The van der Waals surface area contributed by atoms with Crippen molar-refractivity contribution in [3.63, 3.8) is 0 Å². The van der Waals surface area contributed by atoms with Crippen molar-refractivity contribution >= 4 is 46.0 Å².